The summed E-state index contributed by atoms with van der Waals surface area (Å²) in [5.41, 5.74) is -1.54. The minimum atomic E-state index is -1.61. The van der Waals surface area contributed by atoms with Gasteiger partial charge in [-0.3, -0.25) is 9.80 Å². The van der Waals surface area contributed by atoms with Crippen molar-refractivity contribution in [3.05, 3.63) is 0 Å². The van der Waals surface area contributed by atoms with Crippen LogP contribution in [0.1, 0.15) is 79.1 Å². The van der Waals surface area contributed by atoms with Gasteiger partial charge in [-0.1, -0.05) is 53.4 Å². The van der Waals surface area contributed by atoms with E-state index in [0.717, 1.165) is 25.7 Å². The van der Waals surface area contributed by atoms with Gasteiger partial charge in [0.25, 0.3) is 0 Å². The highest BCUT2D eigenvalue weighted by Gasteiger charge is 2.67. The minimum absolute atomic E-state index is 0.218. The summed E-state index contributed by atoms with van der Waals surface area (Å²) in [6.45, 7) is 7.72. The molecule has 2 atom stereocenters. The Kier molecular flexibility index (Phi) is 10.1. The van der Waals surface area contributed by atoms with Crippen LogP contribution in [0.2, 0.25) is 0 Å². The lowest BCUT2D eigenvalue weighted by atomic mass is 9.66. The fourth-order valence-corrected chi connectivity index (χ4v) is 5.45. The molecule has 1 fully saturated rings. The summed E-state index contributed by atoms with van der Waals surface area (Å²) in [5, 5.41) is 0. The van der Waals surface area contributed by atoms with Crippen molar-refractivity contribution in [3.63, 3.8) is 0 Å². The summed E-state index contributed by atoms with van der Waals surface area (Å²) in [5.74, 6) is 0. The van der Waals surface area contributed by atoms with E-state index in [1.165, 1.54) is 24.0 Å². The van der Waals surface area contributed by atoms with E-state index < -0.39 is 29.7 Å². The van der Waals surface area contributed by atoms with Crippen LogP contribution in [0.4, 0.5) is 13.6 Å². The SMILES string of the molecule is CCCC1(CCC)N(C(F)COC)C(=O)N(C(F)COC)C1(CCC)CCC. The zero-order valence-electron chi connectivity index (χ0n) is 18.6. The van der Waals surface area contributed by atoms with E-state index in [0.29, 0.717) is 25.7 Å². The van der Waals surface area contributed by atoms with E-state index >= 15 is 8.78 Å². The predicted molar refractivity (Wildman–Crippen MR) is 108 cm³/mol. The molecule has 0 radical (unpaired) electrons. The summed E-state index contributed by atoms with van der Waals surface area (Å²) in [6, 6.07) is -0.571. The van der Waals surface area contributed by atoms with Gasteiger partial charge in [0.05, 0.1) is 24.3 Å². The van der Waals surface area contributed by atoms with Crippen molar-refractivity contribution in [2.45, 2.75) is 103 Å². The number of alkyl halides is 2. The van der Waals surface area contributed by atoms with Gasteiger partial charge in [-0.2, -0.15) is 0 Å². The molecule has 7 heteroatoms. The van der Waals surface area contributed by atoms with Gasteiger partial charge in [-0.05, 0) is 25.7 Å². The maximum atomic E-state index is 15.3. The number of rotatable bonds is 14. The fraction of sp³-hybridized carbons (Fsp3) is 0.952. The molecule has 2 unspecified atom stereocenters. The van der Waals surface area contributed by atoms with Crippen LogP contribution in [0.15, 0.2) is 0 Å². The molecule has 1 rings (SSSR count). The molecular weight excluding hydrogens is 366 g/mol. The van der Waals surface area contributed by atoms with E-state index in [9.17, 15) is 4.79 Å². The van der Waals surface area contributed by atoms with Crippen LogP contribution < -0.4 is 0 Å². The third kappa shape index (κ3) is 4.30. The van der Waals surface area contributed by atoms with E-state index in [-0.39, 0.29) is 13.2 Å². The van der Waals surface area contributed by atoms with Crippen molar-refractivity contribution in [3.8, 4) is 0 Å². The number of amides is 2. The summed E-state index contributed by atoms with van der Waals surface area (Å²) >= 11 is 0. The molecule has 1 aliphatic heterocycles. The van der Waals surface area contributed by atoms with Crippen molar-refractivity contribution in [2.24, 2.45) is 0 Å². The van der Waals surface area contributed by atoms with Crippen LogP contribution in [0.5, 0.6) is 0 Å². The highest BCUT2D eigenvalue weighted by atomic mass is 19.1. The molecule has 28 heavy (non-hydrogen) atoms. The van der Waals surface area contributed by atoms with Crippen LogP contribution in [-0.2, 0) is 9.47 Å². The second-order valence-electron chi connectivity index (χ2n) is 7.87. The predicted octanol–water partition coefficient (Wildman–Crippen LogP) is 5.29. The number of ether oxygens (including phenoxy) is 2. The van der Waals surface area contributed by atoms with Crippen molar-refractivity contribution >= 4 is 6.03 Å². The Bertz CT molecular complexity index is 427. The molecule has 0 aromatic rings. The van der Waals surface area contributed by atoms with E-state index in [1.807, 2.05) is 27.7 Å². The zero-order valence-corrected chi connectivity index (χ0v) is 18.6. The maximum Gasteiger partial charge on any atom is 0.325 e. The summed E-state index contributed by atoms with van der Waals surface area (Å²) in [4.78, 5) is 16.2. The standard InChI is InChI=1S/C21H40F2N2O3/c1-7-11-20(12-8-2)21(13-9-3,14-10-4)25(18(23)16-28-6)19(26)24(20)17(22)15-27-5/h17-18H,7-16H2,1-6H3. The van der Waals surface area contributed by atoms with Gasteiger partial charge in [0.15, 0.2) is 12.6 Å². The second kappa shape index (κ2) is 11.3. The third-order valence-corrected chi connectivity index (χ3v) is 6.02. The monoisotopic (exact) mass is 406 g/mol. The minimum Gasteiger partial charge on any atom is -0.380 e. The molecule has 0 aliphatic carbocycles. The van der Waals surface area contributed by atoms with Gasteiger partial charge >= 0.3 is 6.03 Å². The van der Waals surface area contributed by atoms with Gasteiger partial charge < -0.3 is 9.47 Å². The molecule has 2 amide bonds. The normalized spacial score (nSPS) is 20.6. The second-order valence-corrected chi connectivity index (χ2v) is 7.87. The molecule has 0 spiro atoms. The van der Waals surface area contributed by atoms with Gasteiger partial charge in [0.1, 0.15) is 0 Å². The van der Waals surface area contributed by atoms with Crippen LogP contribution in [0.3, 0.4) is 0 Å². The van der Waals surface area contributed by atoms with Crippen molar-refractivity contribution in [2.75, 3.05) is 27.4 Å². The Morgan fingerprint density at radius 3 is 1.25 bits per heavy atom. The topological polar surface area (TPSA) is 42.0 Å². The Morgan fingerprint density at radius 2 is 1.04 bits per heavy atom. The van der Waals surface area contributed by atoms with Gasteiger partial charge in [-0.25, -0.2) is 13.6 Å². The molecule has 0 saturated carbocycles. The van der Waals surface area contributed by atoms with Crippen molar-refractivity contribution in [1.29, 1.82) is 0 Å². The van der Waals surface area contributed by atoms with Crippen molar-refractivity contribution < 1.29 is 23.0 Å². The number of carbonyl (C=O) groups excluding carboxylic acids is 1. The zero-order chi connectivity index (χ0) is 21.4. The summed E-state index contributed by atoms with van der Waals surface area (Å²) in [7, 11) is 2.83. The van der Waals surface area contributed by atoms with Crippen LogP contribution >= 0.6 is 0 Å². The van der Waals surface area contributed by atoms with Crippen LogP contribution in [-0.4, -0.2) is 66.9 Å². The molecular formula is C21H40F2N2O3. The van der Waals surface area contributed by atoms with E-state index in [1.54, 1.807) is 0 Å². The lowest BCUT2D eigenvalue weighted by molar-refractivity contribution is -0.0728. The smallest absolute Gasteiger partial charge is 0.325 e. The lowest BCUT2D eigenvalue weighted by Crippen LogP contribution is -2.64. The summed E-state index contributed by atoms with van der Waals surface area (Å²) in [6.07, 6.45) is 2.45. The quantitative estimate of drug-likeness (QED) is 0.368. The molecule has 5 nitrogen and oxygen atoms in total. The molecule has 1 aliphatic rings. The molecule has 1 saturated heterocycles. The number of methoxy groups -OCH3 is 2. The van der Waals surface area contributed by atoms with Crippen molar-refractivity contribution in [1.82, 2.24) is 9.80 Å². The summed E-state index contributed by atoms with van der Waals surface area (Å²) < 4.78 is 40.8. The Balaban J connectivity index is 3.74. The molecule has 166 valence electrons. The molecule has 0 N–H and O–H groups in total. The lowest BCUT2D eigenvalue weighted by Gasteiger charge is -2.52. The molecule has 0 aromatic heterocycles. The van der Waals surface area contributed by atoms with Gasteiger partial charge in [-0.15, -0.1) is 0 Å². The number of nitrogens with zero attached hydrogens (tertiary/aromatic N) is 2. The third-order valence-electron chi connectivity index (χ3n) is 6.02. The fourth-order valence-electron chi connectivity index (χ4n) is 5.45. The van der Waals surface area contributed by atoms with E-state index in [4.69, 9.17) is 9.47 Å². The first-order chi connectivity index (χ1) is 13.4. The average Bonchev–Trinajstić information content (AvgIpc) is 2.82. The maximum absolute atomic E-state index is 15.3. The first kappa shape index (κ1) is 25.1. The van der Waals surface area contributed by atoms with Crippen LogP contribution in [0, 0.1) is 0 Å². The van der Waals surface area contributed by atoms with Gasteiger partial charge in [0.2, 0.25) is 0 Å². The Labute approximate surface area is 169 Å². The highest BCUT2D eigenvalue weighted by Crippen LogP contribution is 2.54. The number of urea groups is 1. The molecule has 0 aromatic carbocycles. The first-order valence-corrected chi connectivity index (χ1v) is 10.8. The average molecular weight is 407 g/mol. The number of hydrogen-bond acceptors (Lipinski definition) is 3. The Hall–Kier alpha value is -0.950. The van der Waals surface area contributed by atoms with Crippen LogP contribution in [0.25, 0.3) is 0 Å². The molecule has 0 bridgehead atoms. The Morgan fingerprint density at radius 1 is 0.750 bits per heavy atom. The largest absolute Gasteiger partial charge is 0.380 e. The van der Waals surface area contributed by atoms with E-state index in [2.05, 4.69) is 0 Å². The number of halogens is 2. The first-order valence-electron chi connectivity index (χ1n) is 10.8. The number of carbonyl (C=O) groups is 1. The number of hydrogen-bond donors (Lipinski definition) is 0. The van der Waals surface area contributed by atoms with Gasteiger partial charge in [0, 0.05) is 14.2 Å². The highest BCUT2D eigenvalue weighted by molar-refractivity contribution is 5.81. The molecule has 1 heterocycles.